The summed E-state index contributed by atoms with van der Waals surface area (Å²) >= 11 is 0. The van der Waals surface area contributed by atoms with Crippen LogP contribution in [0.1, 0.15) is 0 Å². The van der Waals surface area contributed by atoms with Gasteiger partial charge in [-0.1, -0.05) is 170 Å². The van der Waals surface area contributed by atoms with E-state index in [0.29, 0.717) is 0 Å². The molecule has 0 aliphatic carbocycles. The average molecular weight is 655 g/mol. The SMILES string of the molecule is c1ccc([Si](c2ccccc2)(c2ccccc2)c2cccc(-c3ccc(-c4ccc(-n5c6ccccc6c6ccccc65)cc4)nc3)c2)cc1. The molecule has 0 spiro atoms. The second-order valence-corrected chi connectivity index (χ2v) is 16.6. The minimum absolute atomic E-state index is 0.959. The van der Waals surface area contributed by atoms with Gasteiger partial charge in [-0.15, -0.1) is 0 Å². The lowest BCUT2D eigenvalue weighted by Crippen LogP contribution is -2.74. The Hall–Kier alpha value is -6.29. The zero-order chi connectivity index (χ0) is 33.3. The topological polar surface area (TPSA) is 17.8 Å². The lowest BCUT2D eigenvalue weighted by Gasteiger charge is -2.34. The zero-order valence-corrected chi connectivity index (χ0v) is 28.5. The molecular formula is C47H34N2Si. The van der Waals surface area contributed by atoms with Crippen molar-refractivity contribution in [2.75, 3.05) is 0 Å². The number of fused-ring (bicyclic) bond motifs is 3. The first-order chi connectivity index (χ1) is 24.8. The largest absolute Gasteiger partial charge is 0.309 e. The van der Waals surface area contributed by atoms with E-state index in [0.717, 1.165) is 22.5 Å². The summed E-state index contributed by atoms with van der Waals surface area (Å²) in [5, 5.41) is 7.99. The lowest BCUT2D eigenvalue weighted by atomic mass is 10.1. The second-order valence-electron chi connectivity index (χ2n) is 12.8. The number of aromatic nitrogens is 2. The van der Waals surface area contributed by atoms with Crippen molar-refractivity contribution in [3.8, 4) is 28.1 Å². The Morgan fingerprint density at radius 3 is 1.36 bits per heavy atom. The van der Waals surface area contributed by atoms with E-state index in [4.69, 9.17) is 4.98 Å². The fraction of sp³-hybridized carbons (Fsp3) is 0. The molecule has 9 rings (SSSR count). The Morgan fingerprint density at radius 1 is 0.360 bits per heavy atom. The van der Waals surface area contributed by atoms with Gasteiger partial charge in [0.2, 0.25) is 0 Å². The summed E-state index contributed by atoms with van der Waals surface area (Å²) < 4.78 is 2.35. The van der Waals surface area contributed by atoms with Crippen LogP contribution in [0.2, 0.25) is 0 Å². The van der Waals surface area contributed by atoms with Crippen molar-refractivity contribution in [3.63, 3.8) is 0 Å². The molecule has 9 aromatic rings. The fourth-order valence-electron chi connectivity index (χ4n) is 7.71. The van der Waals surface area contributed by atoms with Gasteiger partial charge in [-0.3, -0.25) is 4.98 Å². The summed E-state index contributed by atoms with van der Waals surface area (Å²) in [6.45, 7) is 0. The van der Waals surface area contributed by atoms with Crippen LogP contribution in [0, 0.1) is 0 Å². The Bertz CT molecular complexity index is 2410. The summed E-state index contributed by atoms with van der Waals surface area (Å²) in [7, 11) is -2.61. The highest BCUT2D eigenvalue weighted by molar-refractivity contribution is 7.19. The van der Waals surface area contributed by atoms with Crippen molar-refractivity contribution >= 4 is 50.6 Å². The molecule has 0 aliphatic rings. The Labute approximate surface area is 293 Å². The average Bonchev–Trinajstić information content (AvgIpc) is 3.54. The third-order valence-electron chi connectivity index (χ3n) is 10.0. The predicted molar refractivity (Wildman–Crippen MR) is 213 cm³/mol. The number of nitrogens with zero attached hydrogens (tertiary/aromatic N) is 2. The number of hydrogen-bond acceptors (Lipinski definition) is 1. The zero-order valence-electron chi connectivity index (χ0n) is 27.5. The molecule has 0 fully saturated rings. The van der Waals surface area contributed by atoms with Gasteiger partial charge in [0.15, 0.2) is 8.07 Å². The molecule has 236 valence electrons. The summed E-state index contributed by atoms with van der Waals surface area (Å²) in [5.41, 5.74) is 7.90. The van der Waals surface area contributed by atoms with Gasteiger partial charge in [-0.2, -0.15) is 0 Å². The maximum absolute atomic E-state index is 4.99. The predicted octanol–water partition coefficient (Wildman–Crippen LogP) is 8.89. The van der Waals surface area contributed by atoms with Gasteiger partial charge in [-0.05, 0) is 56.6 Å². The summed E-state index contributed by atoms with van der Waals surface area (Å²) in [5.74, 6) is 0. The lowest BCUT2D eigenvalue weighted by molar-refractivity contribution is 1.18. The maximum Gasteiger partial charge on any atom is 0.179 e. The highest BCUT2D eigenvalue weighted by Gasteiger charge is 2.41. The van der Waals surface area contributed by atoms with Crippen molar-refractivity contribution in [2.45, 2.75) is 0 Å². The van der Waals surface area contributed by atoms with E-state index >= 15 is 0 Å². The van der Waals surface area contributed by atoms with E-state index in [1.807, 2.05) is 6.20 Å². The van der Waals surface area contributed by atoms with Gasteiger partial charge in [0.05, 0.1) is 16.7 Å². The van der Waals surface area contributed by atoms with E-state index < -0.39 is 8.07 Å². The number of rotatable bonds is 7. The normalized spacial score (nSPS) is 11.6. The molecule has 3 heteroatoms. The Balaban J connectivity index is 1.09. The third-order valence-corrected chi connectivity index (χ3v) is 14.8. The van der Waals surface area contributed by atoms with E-state index in [2.05, 4.69) is 205 Å². The van der Waals surface area contributed by atoms with E-state index in [1.165, 1.54) is 48.1 Å². The van der Waals surface area contributed by atoms with E-state index in [1.54, 1.807) is 0 Å². The minimum Gasteiger partial charge on any atom is -0.309 e. The molecule has 0 N–H and O–H groups in total. The smallest absolute Gasteiger partial charge is 0.179 e. The first-order valence-corrected chi connectivity index (χ1v) is 19.1. The van der Waals surface area contributed by atoms with Crippen LogP contribution in [0.3, 0.4) is 0 Å². The summed E-state index contributed by atoms with van der Waals surface area (Å²) in [6, 6.07) is 72.7. The van der Waals surface area contributed by atoms with Crippen LogP contribution in [0.5, 0.6) is 0 Å². The van der Waals surface area contributed by atoms with Crippen LogP contribution in [-0.2, 0) is 0 Å². The number of pyridine rings is 1. The molecule has 2 aromatic heterocycles. The number of hydrogen-bond donors (Lipinski definition) is 0. The van der Waals surface area contributed by atoms with Crippen LogP contribution in [0.15, 0.2) is 206 Å². The quantitative estimate of drug-likeness (QED) is 0.124. The van der Waals surface area contributed by atoms with Crippen LogP contribution in [-0.4, -0.2) is 17.6 Å². The molecule has 7 aromatic carbocycles. The number of benzene rings is 7. The monoisotopic (exact) mass is 654 g/mol. The maximum atomic E-state index is 4.99. The molecule has 0 saturated carbocycles. The van der Waals surface area contributed by atoms with E-state index in [9.17, 15) is 0 Å². The van der Waals surface area contributed by atoms with Gasteiger partial charge in [0.25, 0.3) is 0 Å². The molecule has 0 saturated heterocycles. The second kappa shape index (κ2) is 12.6. The van der Waals surface area contributed by atoms with Gasteiger partial charge >= 0.3 is 0 Å². The highest BCUT2D eigenvalue weighted by Crippen LogP contribution is 2.32. The molecular weight excluding hydrogens is 621 g/mol. The molecule has 0 unspecified atom stereocenters. The first-order valence-electron chi connectivity index (χ1n) is 17.1. The van der Waals surface area contributed by atoms with Crippen molar-refractivity contribution < 1.29 is 0 Å². The van der Waals surface area contributed by atoms with Crippen LogP contribution in [0.4, 0.5) is 0 Å². The van der Waals surface area contributed by atoms with Crippen LogP contribution < -0.4 is 20.7 Å². The van der Waals surface area contributed by atoms with Crippen molar-refractivity contribution in [2.24, 2.45) is 0 Å². The number of para-hydroxylation sites is 2. The molecule has 2 nitrogen and oxygen atoms in total. The molecule has 0 amide bonds. The van der Waals surface area contributed by atoms with Crippen molar-refractivity contribution in [3.05, 3.63) is 206 Å². The Morgan fingerprint density at radius 2 is 0.840 bits per heavy atom. The molecule has 0 atom stereocenters. The van der Waals surface area contributed by atoms with Gasteiger partial charge < -0.3 is 4.57 Å². The molecule has 2 heterocycles. The van der Waals surface area contributed by atoms with Crippen molar-refractivity contribution in [1.82, 2.24) is 9.55 Å². The Kier molecular flexibility index (Phi) is 7.53. The third kappa shape index (κ3) is 4.99. The van der Waals surface area contributed by atoms with Crippen LogP contribution >= 0.6 is 0 Å². The molecule has 0 aliphatic heterocycles. The molecule has 0 bridgehead atoms. The molecule has 0 radical (unpaired) electrons. The van der Waals surface area contributed by atoms with Crippen LogP contribution in [0.25, 0.3) is 49.9 Å². The van der Waals surface area contributed by atoms with Gasteiger partial charge in [0.1, 0.15) is 0 Å². The van der Waals surface area contributed by atoms with Gasteiger partial charge in [-0.25, -0.2) is 0 Å². The summed E-state index contributed by atoms with van der Waals surface area (Å²) in [4.78, 5) is 4.99. The standard InChI is InChI=1S/C47H34N2Si/c1-4-16-39(17-5-1)50(40-18-6-2-7-19-40,41-20-8-3-9-21-41)42-22-14-15-36(33-42)37-29-32-45(48-34-37)35-27-30-38(31-28-35)49-46-25-12-10-23-43(46)44-24-11-13-26-47(44)49/h1-34H. The fourth-order valence-corrected chi connectivity index (χ4v) is 12.5. The van der Waals surface area contributed by atoms with Crippen molar-refractivity contribution in [1.29, 1.82) is 0 Å². The first kappa shape index (κ1) is 29.8. The van der Waals surface area contributed by atoms with E-state index in [-0.39, 0.29) is 0 Å². The molecule has 50 heavy (non-hydrogen) atoms. The summed E-state index contributed by atoms with van der Waals surface area (Å²) in [6.07, 6.45) is 2.02. The van der Waals surface area contributed by atoms with Gasteiger partial charge in [0, 0.05) is 33.8 Å². The minimum atomic E-state index is -2.61. The highest BCUT2D eigenvalue weighted by atomic mass is 28.3.